The first-order chi connectivity index (χ1) is 14.8. The number of nitro groups is 1. The fraction of sp³-hybridized carbons (Fsp3) is 0.0476. The first-order valence-electron chi connectivity index (χ1n) is 9.20. The Morgan fingerprint density at radius 2 is 1.48 bits per heavy atom. The molecular weight excluding hydrogens is 418 g/mol. The molecule has 3 aromatic carbocycles. The van der Waals surface area contributed by atoms with Crippen LogP contribution in [0.5, 0.6) is 0 Å². The van der Waals surface area contributed by atoms with E-state index < -0.39 is 14.9 Å². The molecular formula is C21H17N5O4S. The molecule has 0 saturated carbocycles. The van der Waals surface area contributed by atoms with Gasteiger partial charge in [0, 0.05) is 17.8 Å². The first-order valence-corrected chi connectivity index (χ1v) is 10.7. The molecule has 1 heterocycles. The first kappa shape index (κ1) is 20.2. The summed E-state index contributed by atoms with van der Waals surface area (Å²) >= 11 is 0. The third-order valence-corrected chi connectivity index (χ3v) is 5.99. The van der Waals surface area contributed by atoms with Gasteiger partial charge in [0.1, 0.15) is 0 Å². The van der Waals surface area contributed by atoms with Crippen LogP contribution in [0.2, 0.25) is 0 Å². The van der Waals surface area contributed by atoms with Crippen LogP contribution in [0.1, 0.15) is 5.56 Å². The van der Waals surface area contributed by atoms with Gasteiger partial charge in [-0.25, -0.2) is 18.4 Å². The van der Waals surface area contributed by atoms with Crippen molar-refractivity contribution in [1.82, 2.24) is 9.97 Å². The van der Waals surface area contributed by atoms with Crippen molar-refractivity contribution in [3.05, 3.63) is 88.5 Å². The maximum atomic E-state index is 13.1. The predicted octanol–water partition coefficient (Wildman–Crippen LogP) is 4.39. The third kappa shape index (κ3) is 4.28. The van der Waals surface area contributed by atoms with Gasteiger partial charge in [-0.3, -0.25) is 14.8 Å². The molecule has 9 nitrogen and oxygen atoms in total. The van der Waals surface area contributed by atoms with Crippen LogP contribution in [0, 0.1) is 17.0 Å². The molecule has 0 fully saturated rings. The van der Waals surface area contributed by atoms with Crippen molar-refractivity contribution in [1.29, 1.82) is 0 Å². The van der Waals surface area contributed by atoms with Crippen LogP contribution in [0.3, 0.4) is 0 Å². The van der Waals surface area contributed by atoms with Crippen molar-refractivity contribution >= 4 is 44.1 Å². The molecule has 0 amide bonds. The molecule has 0 saturated heterocycles. The zero-order valence-corrected chi connectivity index (χ0v) is 17.1. The predicted molar refractivity (Wildman–Crippen MR) is 118 cm³/mol. The normalized spacial score (nSPS) is 11.3. The van der Waals surface area contributed by atoms with Crippen LogP contribution in [-0.2, 0) is 10.0 Å². The number of benzene rings is 3. The molecule has 1 aromatic heterocycles. The lowest BCUT2D eigenvalue weighted by Gasteiger charge is -2.14. The Morgan fingerprint density at radius 3 is 2.13 bits per heavy atom. The molecule has 0 aliphatic rings. The molecule has 0 radical (unpaired) electrons. The van der Waals surface area contributed by atoms with Crippen molar-refractivity contribution in [2.45, 2.75) is 11.8 Å². The number of aryl methyl sites for hydroxylation is 1. The monoisotopic (exact) mass is 435 g/mol. The van der Waals surface area contributed by atoms with E-state index in [2.05, 4.69) is 20.0 Å². The Hall–Kier alpha value is -4.05. The summed E-state index contributed by atoms with van der Waals surface area (Å²) in [4.78, 5) is 19.2. The summed E-state index contributed by atoms with van der Waals surface area (Å²) in [6.45, 7) is 1.56. The Kier molecular flexibility index (Phi) is 5.22. The van der Waals surface area contributed by atoms with Crippen LogP contribution in [0.4, 0.5) is 23.0 Å². The molecule has 0 aliphatic heterocycles. The smallest absolute Gasteiger partial charge is 0.270 e. The van der Waals surface area contributed by atoms with Crippen molar-refractivity contribution in [2.24, 2.45) is 0 Å². The quantitative estimate of drug-likeness (QED) is 0.340. The van der Waals surface area contributed by atoms with E-state index in [1.165, 1.54) is 12.1 Å². The number of hydrogen-bond donors (Lipinski definition) is 2. The minimum atomic E-state index is -4.18. The molecule has 156 valence electrons. The number of para-hydroxylation sites is 3. The van der Waals surface area contributed by atoms with Gasteiger partial charge in [0.15, 0.2) is 11.6 Å². The standard InChI is InChI=1S/C21H17N5O4S/c1-14-11-12-16(26(27)28)13-19(14)31(29,30)25-21-20(22-15-7-3-2-4-8-15)23-17-9-5-6-10-18(17)24-21/h2-13H,1H3,(H,22,23)(H,24,25). The Labute approximate surface area is 178 Å². The minimum absolute atomic E-state index is 0.0199. The number of fused-ring (bicyclic) bond motifs is 1. The number of nitro benzene ring substituents is 1. The highest BCUT2D eigenvalue weighted by Crippen LogP contribution is 2.29. The second kappa shape index (κ2) is 8.00. The van der Waals surface area contributed by atoms with Crippen LogP contribution < -0.4 is 10.0 Å². The Balaban J connectivity index is 1.80. The van der Waals surface area contributed by atoms with Gasteiger partial charge in [0.25, 0.3) is 15.7 Å². The lowest BCUT2D eigenvalue weighted by Crippen LogP contribution is -2.17. The number of non-ortho nitro benzene ring substituents is 1. The van der Waals surface area contributed by atoms with Gasteiger partial charge in [-0.15, -0.1) is 0 Å². The van der Waals surface area contributed by atoms with Gasteiger partial charge in [0.05, 0.1) is 20.9 Å². The zero-order chi connectivity index (χ0) is 22.0. The number of anilines is 3. The fourth-order valence-electron chi connectivity index (χ4n) is 2.99. The van der Waals surface area contributed by atoms with E-state index in [-0.39, 0.29) is 22.2 Å². The van der Waals surface area contributed by atoms with E-state index in [1.807, 2.05) is 18.2 Å². The molecule has 0 atom stereocenters. The summed E-state index contributed by atoms with van der Waals surface area (Å²) in [6, 6.07) is 19.8. The number of nitrogens with one attached hydrogen (secondary N) is 2. The van der Waals surface area contributed by atoms with E-state index in [0.717, 1.165) is 6.07 Å². The van der Waals surface area contributed by atoms with E-state index >= 15 is 0 Å². The van der Waals surface area contributed by atoms with Crippen molar-refractivity contribution in [3.8, 4) is 0 Å². The molecule has 31 heavy (non-hydrogen) atoms. The Bertz CT molecular complexity index is 1390. The summed E-state index contributed by atoms with van der Waals surface area (Å²) in [5.74, 6) is 0.185. The van der Waals surface area contributed by atoms with Gasteiger partial charge in [0.2, 0.25) is 0 Å². The van der Waals surface area contributed by atoms with E-state index in [9.17, 15) is 18.5 Å². The number of rotatable bonds is 6. The lowest BCUT2D eigenvalue weighted by atomic mass is 10.2. The average molecular weight is 435 g/mol. The second-order valence-corrected chi connectivity index (χ2v) is 8.36. The Morgan fingerprint density at radius 1 is 0.871 bits per heavy atom. The summed E-state index contributed by atoms with van der Waals surface area (Å²) in [7, 11) is -4.18. The van der Waals surface area contributed by atoms with Gasteiger partial charge in [-0.2, -0.15) is 0 Å². The summed E-state index contributed by atoms with van der Waals surface area (Å²) in [5.41, 5.74) is 1.81. The minimum Gasteiger partial charge on any atom is -0.337 e. The second-order valence-electron chi connectivity index (χ2n) is 6.71. The van der Waals surface area contributed by atoms with Crippen LogP contribution >= 0.6 is 0 Å². The molecule has 10 heteroatoms. The fourth-order valence-corrected chi connectivity index (χ4v) is 4.27. The highest BCUT2D eigenvalue weighted by Gasteiger charge is 2.23. The molecule has 2 N–H and O–H groups in total. The van der Waals surface area contributed by atoms with Crippen molar-refractivity contribution in [3.63, 3.8) is 0 Å². The highest BCUT2D eigenvalue weighted by molar-refractivity contribution is 7.92. The number of sulfonamides is 1. The average Bonchev–Trinajstić information content (AvgIpc) is 2.74. The van der Waals surface area contributed by atoms with E-state index in [4.69, 9.17) is 0 Å². The largest absolute Gasteiger partial charge is 0.337 e. The van der Waals surface area contributed by atoms with Crippen molar-refractivity contribution in [2.75, 3.05) is 10.0 Å². The third-order valence-electron chi connectivity index (χ3n) is 4.51. The number of aromatic nitrogens is 2. The van der Waals surface area contributed by atoms with Gasteiger partial charge in [-0.05, 0) is 36.8 Å². The molecule has 0 bridgehead atoms. The number of nitrogens with zero attached hydrogens (tertiary/aromatic N) is 3. The van der Waals surface area contributed by atoms with Crippen LogP contribution in [0.15, 0.2) is 77.7 Å². The van der Waals surface area contributed by atoms with E-state index in [0.29, 0.717) is 22.3 Å². The topological polar surface area (TPSA) is 127 Å². The highest BCUT2D eigenvalue weighted by atomic mass is 32.2. The number of hydrogen-bond acceptors (Lipinski definition) is 7. The van der Waals surface area contributed by atoms with Gasteiger partial charge >= 0.3 is 0 Å². The SMILES string of the molecule is Cc1ccc([N+](=O)[O-])cc1S(=O)(=O)Nc1nc2ccccc2nc1Nc1ccccc1. The van der Waals surface area contributed by atoms with E-state index in [1.54, 1.807) is 43.3 Å². The lowest BCUT2D eigenvalue weighted by molar-refractivity contribution is -0.385. The molecule has 0 spiro atoms. The van der Waals surface area contributed by atoms with Crippen LogP contribution in [-0.4, -0.2) is 23.3 Å². The maximum absolute atomic E-state index is 13.1. The molecule has 4 aromatic rings. The molecule has 0 aliphatic carbocycles. The molecule has 0 unspecified atom stereocenters. The maximum Gasteiger partial charge on any atom is 0.270 e. The zero-order valence-electron chi connectivity index (χ0n) is 16.3. The molecule has 4 rings (SSSR count). The summed E-state index contributed by atoms with van der Waals surface area (Å²) in [5, 5.41) is 14.2. The summed E-state index contributed by atoms with van der Waals surface area (Å²) < 4.78 is 28.7. The van der Waals surface area contributed by atoms with Crippen LogP contribution in [0.25, 0.3) is 11.0 Å². The van der Waals surface area contributed by atoms with Crippen molar-refractivity contribution < 1.29 is 13.3 Å². The van der Waals surface area contributed by atoms with Gasteiger partial charge < -0.3 is 5.32 Å². The van der Waals surface area contributed by atoms with Gasteiger partial charge in [-0.1, -0.05) is 36.4 Å². The summed E-state index contributed by atoms with van der Waals surface area (Å²) in [6.07, 6.45) is 0.